The Morgan fingerprint density at radius 3 is 2.42 bits per heavy atom. The Balaban J connectivity index is 2.98. The van der Waals surface area contributed by atoms with Crippen molar-refractivity contribution in [1.29, 1.82) is 0 Å². The van der Waals surface area contributed by atoms with Crippen LogP contribution in [-0.2, 0) is 8.85 Å². The van der Waals surface area contributed by atoms with Crippen molar-refractivity contribution < 1.29 is 22.0 Å². The van der Waals surface area contributed by atoms with Gasteiger partial charge < -0.3 is 4.43 Å². The largest absolute Gasteiger partial charge is 0.515 e. The van der Waals surface area contributed by atoms with Crippen molar-refractivity contribution in [3.63, 3.8) is 0 Å². The Morgan fingerprint density at radius 2 is 1.95 bits per heavy atom. The first-order valence-electron chi connectivity index (χ1n) is 6.97. The predicted octanol–water partition coefficient (Wildman–Crippen LogP) is 3.78. The number of nitrogens with zero attached hydrogens (tertiary/aromatic N) is 1. The van der Waals surface area contributed by atoms with E-state index in [2.05, 4.69) is 4.43 Å². The molecule has 1 rings (SSSR count). The van der Waals surface area contributed by atoms with E-state index in [-0.39, 0.29) is 6.04 Å². The summed E-state index contributed by atoms with van der Waals surface area (Å²) in [5, 5.41) is 0. The lowest BCUT2D eigenvalue weighted by Crippen LogP contribution is -2.64. The Hall–Kier alpha value is -0.113. The van der Waals surface area contributed by atoms with Gasteiger partial charge in [-0.1, -0.05) is 26.7 Å². The summed E-state index contributed by atoms with van der Waals surface area (Å²) in [5.74, 6) is 0. The van der Waals surface area contributed by atoms with Gasteiger partial charge in [0.2, 0.25) is 0 Å². The van der Waals surface area contributed by atoms with Gasteiger partial charge in [0, 0.05) is 19.2 Å². The van der Waals surface area contributed by atoms with E-state index in [0.717, 1.165) is 25.7 Å². The molecule has 0 aliphatic carbocycles. The minimum absolute atomic E-state index is 0.147. The molecule has 3 nitrogen and oxygen atoms in total. The molecule has 114 valence electrons. The first-order valence-corrected chi connectivity index (χ1v) is 8.94. The summed E-state index contributed by atoms with van der Waals surface area (Å²) in [6, 6.07) is 0.494. The fourth-order valence-corrected chi connectivity index (χ4v) is 6.27. The standard InChI is InChI=1S/C12H24F3NO2Si/c1-4-10-19(17-3,18-12(13,14)15)16-9-7-6-8-11(16)5-2/h11H,4-10H2,1-3H3. The number of hydrogen-bond donors (Lipinski definition) is 0. The number of piperidine rings is 1. The van der Waals surface area contributed by atoms with Crippen molar-refractivity contribution in [1.82, 2.24) is 4.57 Å². The topological polar surface area (TPSA) is 21.7 Å². The van der Waals surface area contributed by atoms with Crippen LogP contribution in [0.1, 0.15) is 46.0 Å². The summed E-state index contributed by atoms with van der Waals surface area (Å²) in [5.41, 5.74) is 0. The Bertz CT molecular complexity index is 278. The number of rotatable bonds is 6. The van der Waals surface area contributed by atoms with E-state index in [0.29, 0.717) is 19.0 Å². The molecule has 1 aliphatic heterocycles. The SMILES string of the molecule is CCC[Si](OC)(OC(F)(F)F)N1CCCCC1CC. The molecular weight excluding hydrogens is 275 g/mol. The number of alkyl halides is 3. The van der Waals surface area contributed by atoms with Crippen molar-refractivity contribution in [2.75, 3.05) is 13.7 Å². The fourth-order valence-electron chi connectivity index (χ4n) is 2.88. The van der Waals surface area contributed by atoms with Gasteiger partial charge in [-0.25, -0.2) is 0 Å². The normalized spacial score (nSPS) is 25.3. The molecule has 1 fully saturated rings. The van der Waals surface area contributed by atoms with E-state index in [9.17, 15) is 13.2 Å². The highest BCUT2D eigenvalue weighted by Crippen LogP contribution is 2.34. The molecular formula is C12H24F3NO2Si. The van der Waals surface area contributed by atoms with Gasteiger partial charge in [-0.05, 0) is 25.8 Å². The lowest BCUT2D eigenvalue weighted by molar-refractivity contribution is -0.293. The Morgan fingerprint density at radius 1 is 1.26 bits per heavy atom. The average molecular weight is 299 g/mol. The van der Waals surface area contributed by atoms with E-state index in [1.807, 2.05) is 18.4 Å². The molecule has 7 heteroatoms. The van der Waals surface area contributed by atoms with Crippen LogP contribution in [0.3, 0.4) is 0 Å². The van der Waals surface area contributed by atoms with Crippen LogP contribution in [0.5, 0.6) is 0 Å². The van der Waals surface area contributed by atoms with E-state index in [1.54, 1.807) is 0 Å². The molecule has 0 amide bonds. The van der Waals surface area contributed by atoms with Gasteiger partial charge >= 0.3 is 15.1 Å². The smallest absolute Gasteiger partial charge is 0.386 e. The van der Waals surface area contributed by atoms with Gasteiger partial charge in [-0.3, -0.25) is 8.99 Å². The predicted molar refractivity (Wildman–Crippen MR) is 69.6 cm³/mol. The molecule has 1 saturated heterocycles. The lowest BCUT2D eigenvalue weighted by Gasteiger charge is -2.45. The fraction of sp³-hybridized carbons (Fsp3) is 1.00. The second kappa shape index (κ2) is 7.06. The summed E-state index contributed by atoms with van der Waals surface area (Å²) in [7, 11) is -2.02. The van der Waals surface area contributed by atoms with E-state index < -0.39 is 15.1 Å². The molecule has 1 aliphatic rings. The first-order chi connectivity index (χ1) is 8.88. The molecule has 0 N–H and O–H groups in total. The highest BCUT2D eigenvalue weighted by molar-refractivity contribution is 6.64. The molecule has 0 aromatic heterocycles. The lowest BCUT2D eigenvalue weighted by atomic mass is 10.0. The minimum Gasteiger partial charge on any atom is -0.386 e. The molecule has 1 heterocycles. The molecule has 0 bridgehead atoms. The zero-order valence-electron chi connectivity index (χ0n) is 11.9. The second-order valence-corrected chi connectivity index (χ2v) is 8.08. The maximum Gasteiger partial charge on any atom is 0.515 e. The summed E-state index contributed by atoms with van der Waals surface area (Å²) >= 11 is 0. The van der Waals surface area contributed by atoms with Gasteiger partial charge in [-0.2, -0.15) is 0 Å². The van der Waals surface area contributed by atoms with Gasteiger partial charge in [0.15, 0.2) is 0 Å². The van der Waals surface area contributed by atoms with Crippen LogP contribution < -0.4 is 0 Å². The number of halogens is 3. The third-order valence-corrected chi connectivity index (χ3v) is 7.48. The molecule has 0 aromatic carbocycles. The molecule has 0 spiro atoms. The molecule has 19 heavy (non-hydrogen) atoms. The van der Waals surface area contributed by atoms with E-state index in [1.165, 1.54) is 7.11 Å². The molecule has 0 saturated carbocycles. The third-order valence-electron chi connectivity index (χ3n) is 3.70. The zero-order chi connectivity index (χ0) is 14.5. The van der Waals surface area contributed by atoms with Crippen LogP contribution in [0, 0.1) is 0 Å². The molecule has 2 unspecified atom stereocenters. The van der Waals surface area contributed by atoms with Gasteiger partial charge in [0.05, 0.1) is 0 Å². The van der Waals surface area contributed by atoms with Crippen LogP contribution in [-0.4, -0.2) is 39.3 Å². The maximum absolute atomic E-state index is 12.8. The maximum atomic E-state index is 12.8. The highest BCUT2D eigenvalue weighted by Gasteiger charge is 2.53. The quantitative estimate of drug-likeness (QED) is 0.697. The minimum atomic E-state index is -4.63. The Kier molecular flexibility index (Phi) is 6.29. The van der Waals surface area contributed by atoms with E-state index in [4.69, 9.17) is 4.43 Å². The number of hydrogen-bond acceptors (Lipinski definition) is 3. The summed E-state index contributed by atoms with van der Waals surface area (Å²) in [4.78, 5) is 0. The van der Waals surface area contributed by atoms with Crippen LogP contribution >= 0.6 is 0 Å². The first kappa shape index (κ1) is 16.9. The van der Waals surface area contributed by atoms with Gasteiger partial charge in [-0.15, -0.1) is 13.2 Å². The van der Waals surface area contributed by atoms with Crippen molar-refractivity contribution in [2.24, 2.45) is 0 Å². The highest BCUT2D eigenvalue weighted by atomic mass is 28.4. The van der Waals surface area contributed by atoms with Gasteiger partial charge in [0.25, 0.3) is 0 Å². The molecule has 0 radical (unpaired) electrons. The van der Waals surface area contributed by atoms with Crippen LogP contribution in [0.25, 0.3) is 0 Å². The third kappa shape index (κ3) is 4.44. The molecule has 0 aromatic rings. The van der Waals surface area contributed by atoms with Crippen LogP contribution in [0.4, 0.5) is 13.2 Å². The zero-order valence-corrected chi connectivity index (χ0v) is 12.9. The van der Waals surface area contributed by atoms with Crippen molar-refractivity contribution in [3.8, 4) is 0 Å². The van der Waals surface area contributed by atoms with Crippen molar-refractivity contribution >= 4 is 8.72 Å². The van der Waals surface area contributed by atoms with E-state index >= 15 is 0 Å². The average Bonchev–Trinajstić information content (AvgIpc) is 2.36. The summed E-state index contributed by atoms with van der Waals surface area (Å²) in [6.45, 7) is 4.53. The van der Waals surface area contributed by atoms with Crippen LogP contribution in [0.2, 0.25) is 6.04 Å². The monoisotopic (exact) mass is 299 g/mol. The second-order valence-electron chi connectivity index (χ2n) is 4.97. The van der Waals surface area contributed by atoms with Crippen molar-refractivity contribution in [2.45, 2.75) is 64.4 Å². The van der Waals surface area contributed by atoms with Crippen molar-refractivity contribution in [3.05, 3.63) is 0 Å². The van der Waals surface area contributed by atoms with Gasteiger partial charge in [0.1, 0.15) is 0 Å². The van der Waals surface area contributed by atoms with Crippen LogP contribution in [0.15, 0.2) is 0 Å². The Labute approximate surface area is 114 Å². The summed E-state index contributed by atoms with van der Waals surface area (Å²) < 4.78 is 50.0. The molecule has 2 atom stereocenters. The summed E-state index contributed by atoms with van der Waals surface area (Å²) in [6.07, 6.45) is -0.250.